The fourth-order valence-corrected chi connectivity index (χ4v) is 6.05. The van der Waals surface area contributed by atoms with Crippen LogP contribution in [0.5, 0.6) is 11.5 Å². The van der Waals surface area contributed by atoms with Crippen LogP contribution in [0, 0.1) is 0 Å². The highest BCUT2D eigenvalue weighted by Gasteiger charge is 2.17. The molecule has 1 atom stereocenters. The summed E-state index contributed by atoms with van der Waals surface area (Å²) in [6.07, 6.45) is 3.44. The summed E-state index contributed by atoms with van der Waals surface area (Å²) >= 11 is 1.80. The van der Waals surface area contributed by atoms with Crippen LogP contribution in [-0.2, 0) is 16.0 Å². The monoisotopic (exact) mass is 530 g/mol. The number of methoxy groups -OCH3 is 1. The fraction of sp³-hybridized carbons (Fsp3) is 0.323. The number of esters is 1. The average Bonchev–Trinajstić information content (AvgIpc) is 3.61. The molecular formula is C31H34N2O4S. The Labute approximate surface area is 227 Å². The van der Waals surface area contributed by atoms with Crippen LogP contribution in [0.15, 0.2) is 72.8 Å². The predicted octanol–water partition coefficient (Wildman–Crippen LogP) is 5.51. The lowest BCUT2D eigenvalue weighted by Gasteiger charge is -2.15. The summed E-state index contributed by atoms with van der Waals surface area (Å²) < 4.78 is 17.6. The van der Waals surface area contributed by atoms with E-state index in [1.165, 1.54) is 59.1 Å². The second-order valence-corrected chi connectivity index (χ2v) is 10.6. The van der Waals surface area contributed by atoms with Crippen molar-refractivity contribution in [3.05, 3.63) is 83.9 Å². The van der Waals surface area contributed by atoms with Gasteiger partial charge in [0.05, 0.1) is 7.11 Å². The third-order valence-electron chi connectivity index (χ3n) is 6.93. The zero-order valence-electron chi connectivity index (χ0n) is 21.7. The third kappa shape index (κ3) is 6.35. The largest absolute Gasteiger partial charge is 0.492 e. The van der Waals surface area contributed by atoms with Crippen LogP contribution in [0.25, 0.3) is 20.5 Å². The average molecular weight is 531 g/mol. The molecule has 1 aliphatic heterocycles. The lowest BCUT2D eigenvalue weighted by molar-refractivity contribution is -0.142. The first-order valence-electron chi connectivity index (χ1n) is 13.1. The van der Waals surface area contributed by atoms with Gasteiger partial charge in [0.1, 0.15) is 30.8 Å². The number of carbonyl (C=O) groups excluding carboxylic acids is 1. The second-order valence-electron chi connectivity index (χ2n) is 9.59. The minimum absolute atomic E-state index is 0.0676. The molecule has 0 saturated carbocycles. The normalized spacial score (nSPS) is 14.5. The summed E-state index contributed by atoms with van der Waals surface area (Å²) in [6.45, 7) is 4.18. The number of carbonyl (C=O) groups is 1. The molecule has 0 radical (unpaired) electrons. The van der Waals surface area contributed by atoms with Gasteiger partial charge >= 0.3 is 5.97 Å². The van der Waals surface area contributed by atoms with Crippen LogP contribution >= 0.6 is 11.3 Å². The zero-order chi connectivity index (χ0) is 26.3. The Hall–Kier alpha value is -3.39. The highest BCUT2D eigenvalue weighted by atomic mass is 32.1. The summed E-state index contributed by atoms with van der Waals surface area (Å²) in [4.78, 5) is 15.2. The van der Waals surface area contributed by atoms with Gasteiger partial charge in [0.25, 0.3) is 0 Å². The lowest BCUT2D eigenvalue weighted by Crippen LogP contribution is -2.37. The topological polar surface area (TPSA) is 74.0 Å². The third-order valence-corrected chi connectivity index (χ3v) is 8.19. The predicted molar refractivity (Wildman–Crippen MR) is 153 cm³/mol. The fourth-order valence-electron chi connectivity index (χ4n) is 4.82. The van der Waals surface area contributed by atoms with Crippen LogP contribution in [0.3, 0.4) is 0 Å². The number of benzene rings is 3. The van der Waals surface area contributed by atoms with Crippen molar-refractivity contribution >= 4 is 27.4 Å². The number of rotatable bonds is 11. The molecule has 38 heavy (non-hydrogen) atoms. The maximum atomic E-state index is 11.5. The van der Waals surface area contributed by atoms with Crippen molar-refractivity contribution in [3.63, 3.8) is 0 Å². The van der Waals surface area contributed by atoms with Crippen LogP contribution in [0.4, 0.5) is 0 Å². The number of nitrogens with two attached hydrogens (primary N) is 1. The molecule has 1 saturated heterocycles. The summed E-state index contributed by atoms with van der Waals surface area (Å²) in [5.41, 5.74) is 9.48. The zero-order valence-corrected chi connectivity index (χ0v) is 22.5. The Morgan fingerprint density at radius 2 is 1.63 bits per heavy atom. The molecule has 0 aliphatic carbocycles. The second kappa shape index (κ2) is 12.4. The summed E-state index contributed by atoms with van der Waals surface area (Å²) in [7, 11) is 1.32. The minimum atomic E-state index is -0.810. The van der Waals surface area contributed by atoms with Gasteiger partial charge in [-0.15, -0.1) is 11.3 Å². The smallest absolute Gasteiger partial charge is 0.326 e. The molecule has 1 aromatic heterocycles. The van der Waals surface area contributed by atoms with E-state index < -0.39 is 12.0 Å². The highest BCUT2D eigenvalue weighted by molar-refractivity contribution is 7.22. The number of ether oxygens (including phenoxy) is 3. The Bertz CT molecular complexity index is 1340. The highest BCUT2D eigenvalue weighted by Crippen LogP contribution is 2.40. The molecule has 7 heteroatoms. The van der Waals surface area contributed by atoms with Crippen molar-refractivity contribution in [2.75, 3.05) is 40.0 Å². The molecule has 2 heterocycles. The number of hydrogen-bond acceptors (Lipinski definition) is 7. The van der Waals surface area contributed by atoms with Crippen molar-refractivity contribution in [1.82, 2.24) is 4.90 Å². The van der Waals surface area contributed by atoms with E-state index in [0.29, 0.717) is 5.75 Å². The Balaban J connectivity index is 1.29. The van der Waals surface area contributed by atoms with E-state index >= 15 is 0 Å². The first-order valence-corrected chi connectivity index (χ1v) is 13.9. The van der Waals surface area contributed by atoms with E-state index in [1.807, 2.05) is 12.1 Å². The molecule has 3 aromatic carbocycles. The van der Waals surface area contributed by atoms with Gasteiger partial charge in [0, 0.05) is 16.1 Å². The molecule has 0 unspecified atom stereocenters. The maximum Gasteiger partial charge on any atom is 0.326 e. The van der Waals surface area contributed by atoms with Gasteiger partial charge in [-0.05, 0) is 96.9 Å². The van der Waals surface area contributed by atoms with E-state index in [0.717, 1.165) is 30.9 Å². The number of nitrogens with zero attached hydrogens (tertiary/aromatic N) is 1. The van der Waals surface area contributed by atoms with Gasteiger partial charge in [0.2, 0.25) is 0 Å². The summed E-state index contributed by atoms with van der Waals surface area (Å²) in [5.74, 6) is 1.10. The Morgan fingerprint density at radius 3 is 2.37 bits per heavy atom. The molecule has 5 rings (SSSR count). The van der Waals surface area contributed by atoms with Crippen LogP contribution in [0.1, 0.15) is 24.0 Å². The maximum absolute atomic E-state index is 11.5. The van der Waals surface area contributed by atoms with E-state index in [-0.39, 0.29) is 6.61 Å². The van der Waals surface area contributed by atoms with Gasteiger partial charge in [0.15, 0.2) is 0 Å². The van der Waals surface area contributed by atoms with Crippen molar-refractivity contribution in [2.24, 2.45) is 5.73 Å². The quantitative estimate of drug-likeness (QED) is 0.258. The van der Waals surface area contributed by atoms with Crippen molar-refractivity contribution in [2.45, 2.75) is 25.3 Å². The van der Waals surface area contributed by atoms with Crippen molar-refractivity contribution in [3.8, 4) is 21.9 Å². The minimum Gasteiger partial charge on any atom is -0.492 e. The number of likely N-dealkylation sites (tertiary alicyclic amines) is 1. The van der Waals surface area contributed by atoms with Crippen LogP contribution in [-0.4, -0.2) is 56.9 Å². The molecule has 4 aromatic rings. The molecule has 0 amide bonds. The first-order chi connectivity index (χ1) is 18.6. The van der Waals surface area contributed by atoms with E-state index in [1.54, 1.807) is 11.3 Å². The SMILES string of the molecule is COC(=O)[C@@H](N)COc1ccc(-c2sc3ccccc3c2Cc2ccc(OCCN3CCCC3)cc2)cc1. The van der Waals surface area contributed by atoms with Crippen LogP contribution < -0.4 is 15.2 Å². The Morgan fingerprint density at radius 1 is 0.947 bits per heavy atom. The Kier molecular flexibility index (Phi) is 8.58. The first kappa shape index (κ1) is 26.2. The lowest BCUT2D eigenvalue weighted by atomic mass is 9.99. The molecule has 0 spiro atoms. The van der Waals surface area contributed by atoms with Gasteiger partial charge < -0.3 is 19.9 Å². The van der Waals surface area contributed by atoms with Gasteiger partial charge in [-0.25, -0.2) is 0 Å². The van der Waals surface area contributed by atoms with E-state index in [2.05, 4.69) is 70.3 Å². The molecule has 2 N–H and O–H groups in total. The molecular weight excluding hydrogens is 496 g/mol. The van der Waals surface area contributed by atoms with Crippen LogP contribution in [0.2, 0.25) is 0 Å². The summed E-state index contributed by atoms with van der Waals surface area (Å²) in [5, 5.41) is 1.28. The van der Waals surface area contributed by atoms with Gasteiger partial charge in [-0.1, -0.05) is 30.3 Å². The molecule has 0 bridgehead atoms. The number of fused-ring (bicyclic) bond motifs is 1. The van der Waals surface area contributed by atoms with E-state index in [4.69, 9.17) is 15.2 Å². The number of hydrogen-bond donors (Lipinski definition) is 1. The standard InChI is InChI=1S/C31H34N2O4S/c1-35-31(34)28(32)21-37-25-14-10-23(11-15-25)30-27(26-6-2-3-7-29(26)38-30)20-22-8-12-24(13-9-22)36-19-18-33-16-4-5-17-33/h2-3,6-15,28H,4-5,16-21,32H2,1H3/t28-/m0/s1. The number of thiophene rings is 1. The molecule has 6 nitrogen and oxygen atoms in total. The van der Waals surface area contributed by atoms with E-state index in [9.17, 15) is 4.79 Å². The van der Waals surface area contributed by atoms with Gasteiger partial charge in [-0.3, -0.25) is 9.69 Å². The molecule has 198 valence electrons. The summed E-state index contributed by atoms with van der Waals surface area (Å²) in [6, 6.07) is 24.2. The van der Waals surface area contributed by atoms with Crippen molar-refractivity contribution < 1.29 is 19.0 Å². The van der Waals surface area contributed by atoms with Crippen molar-refractivity contribution in [1.29, 1.82) is 0 Å². The van der Waals surface area contributed by atoms with Gasteiger partial charge in [-0.2, -0.15) is 0 Å². The molecule has 1 aliphatic rings. The molecule has 1 fully saturated rings.